The number of H-pyrrole nitrogens is 1. The van der Waals surface area contributed by atoms with Crippen molar-refractivity contribution in [2.24, 2.45) is 0 Å². The Bertz CT molecular complexity index is 987. The lowest BCUT2D eigenvalue weighted by Gasteiger charge is -2.08. The van der Waals surface area contributed by atoms with E-state index in [0.717, 1.165) is 35.2 Å². The third kappa shape index (κ3) is 3.92. The highest BCUT2D eigenvalue weighted by Crippen LogP contribution is 2.29. The van der Waals surface area contributed by atoms with Crippen molar-refractivity contribution in [1.29, 1.82) is 0 Å². The molecule has 0 saturated carbocycles. The Morgan fingerprint density at radius 1 is 0.963 bits per heavy atom. The van der Waals surface area contributed by atoms with Crippen LogP contribution in [0, 0.1) is 0 Å². The molecule has 0 atom stereocenters. The zero-order chi connectivity index (χ0) is 18.5. The summed E-state index contributed by atoms with van der Waals surface area (Å²) in [6, 6.07) is 16.5. The van der Waals surface area contributed by atoms with E-state index in [1.165, 1.54) is 12.0 Å². The molecule has 0 radical (unpaired) electrons. The molecule has 0 aliphatic heterocycles. The van der Waals surface area contributed by atoms with Gasteiger partial charge in [-0.2, -0.15) is 5.21 Å². The number of benzene rings is 2. The van der Waals surface area contributed by atoms with Gasteiger partial charge in [-0.25, -0.2) is 4.68 Å². The molecule has 0 amide bonds. The molecule has 0 saturated heterocycles. The van der Waals surface area contributed by atoms with Crippen molar-refractivity contribution in [3.8, 4) is 22.5 Å². The molecule has 7 heteroatoms. The largest absolute Gasteiger partial charge is 0.248 e. The van der Waals surface area contributed by atoms with E-state index in [1.54, 1.807) is 0 Å². The normalized spacial score (nSPS) is 11.0. The zero-order valence-electron chi connectivity index (χ0n) is 15.2. The monoisotopic (exact) mass is 359 g/mol. The second-order valence-electron chi connectivity index (χ2n) is 6.49. The summed E-state index contributed by atoms with van der Waals surface area (Å²) >= 11 is 0. The van der Waals surface area contributed by atoms with E-state index in [2.05, 4.69) is 68.2 Å². The number of aromatic nitrogens is 7. The molecule has 2 aromatic carbocycles. The molecule has 0 spiro atoms. The Balaban J connectivity index is 1.52. The van der Waals surface area contributed by atoms with E-state index in [1.807, 2.05) is 29.1 Å². The van der Waals surface area contributed by atoms with E-state index in [-0.39, 0.29) is 0 Å². The lowest BCUT2D eigenvalue weighted by atomic mass is 9.98. The van der Waals surface area contributed by atoms with Crippen molar-refractivity contribution in [3.05, 3.63) is 66.0 Å². The van der Waals surface area contributed by atoms with Gasteiger partial charge < -0.3 is 0 Å². The van der Waals surface area contributed by atoms with Gasteiger partial charge in [0.25, 0.3) is 0 Å². The SMILES string of the molecule is CCCCc1cn(Cc2ccc(-c3ccccc3-c3nn[nH]n3)cc2)nn1. The molecule has 4 aromatic rings. The van der Waals surface area contributed by atoms with E-state index in [9.17, 15) is 0 Å². The van der Waals surface area contributed by atoms with E-state index < -0.39 is 0 Å². The zero-order valence-corrected chi connectivity index (χ0v) is 15.2. The second kappa shape index (κ2) is 7.90. The molecular weight excluding hydrogens is 338 g/mol. The molecule has 0 aliphatic rings. The van der Waals surface area contributed by atoms with Crippen LogP contribution in [-0.4, -0.2) is 35.6 Å². The molecular formula is C20H21N7. The third-order valence-electron chi connectivity index (χ3n) is 4.50. The first-order valence-electron chi connectivity index (χ1n) is 9.14. The van der Waals surface area contributed by atoms with Gasteiger partial charge in [0.15, 0.2) is 0 Å². The van der Waals surface area contributed by atoms with Crippen molar-refractivity contribution in [2.75, 3.05) is 0 Å². The summed E-state index contributed by atoms with van der Waals surface area (Å²) in [5, 5.41) is 22.9. The summed E-state index contributed by atoms with van der Waals surface area (Å²) in [7, 11) is 0. The molecule has 0 unspecified atom stereocenters. The number of unbranched alkanes of at least 4 members (excludes halogenated alkanes) is 1. The molecule has 7 nitrogen and oxygen atoms in total. The topological polar surface area (TPSA) is 85.2 Å². The summed E-state index contributed by atoms with van der Waals surface area (Å²) < 4.78 is 1.90. The quantitative estimate of drug-likeness (QED) is 0.546. The fourth-order valence-electron chi connectivity index (χ4n) is 3.07. The Labute approximate surface area is 157 Å². The van der Waals surface area contributed by atoms with Crippen LogP contribution in [0.15, 0.2) is 54.7 Å². The molecule has 136 valence electrons. The van der Waals surface area contributed by atoms with Gasteiger partial charge in [-0.05, 0) is 34.7 Å². The molecule has 0 bridgehead atoms. The predicted molar refractivity (Wildman–Crippen MR) is 103 cm³/mol. The Kier molecular flexibility index (Phi) is 5.00. The van der Waals surface area contributed by atoms with Crippen LogP contribution in [0.3, 0.4) is 0 Å². The fraction of sp³-hybridized carbons (Fsp3) is 0.250. The maximum atomic E-state index is 4.25. The summed E-state index contributed by atoms with van der Waals surface area (Å²) in [4.78, 5) is 0. The number of rotatable bonds is 7. The van der Waals surface area contributed by atoms with Gasteiger partial charge in [0.1, 0.15) is 0 Å². The van der Waals surface area contributed by atoms with Crippen molar-refractivity contribution in [3.63, 3.8) is 0 Å². The fourth-order valence-corrected chi connectivity index (χ4v) is 3.07. The Hall–Kier alpha value is -3.35. The van der Waals surface area contributed by atoms with Gasteiger partial charge in [-0.1, -0.05) is 67.1 Å². The van der Waals surface area contributed by atoms with Crippen LogP contribution in [0.1, 0.15) is 31.0 Å². The lowest BCUT2D eigenvalue weighted by molar-refractivity contribution is 0.649. The van der Waals surface area contributed by atoms with E-state index >= 15 is 0 Å². The molecule has 2 aromatic heterocycles. The van der Waals surface area contributed by atoms with Crippen molar-refractivity contribution in [2.45, 2.75) is 32.7 Å². The van der Waals surface area contributed by atoms with Gasteiger partial charge in [-0.15, -0.1) is 15.3 Å². The first-order chi connectivity index (χ1) is 13.3. The number of hydrogen-bond acceptors (Lipinski definition) is 5. The molecule has 0 aliphatic carbocycles. The number of tetrazole rings is 1. The van der Waals surface area contributed by atoms with E-state index in [0.29, 0.717) is 12.4 Å². The number of nitrogens with zero attached hydrogens (tertiary/aromatic N) is 6. The number of aryl methyl sites for hydroxylation is 1. The van der Waals surface area contributed by atoms with Crippen molar-refractivity contribution < 1.29 is 0 Å². The van der Waals surface area contributed by atoms with Crippen LogP contribution in [-0.2, 0) is 13.0 Å². The Morgan fingerprint density at radius 3 is 2.52 bits per heavy atom. The lowest BCUT2D eigenvalue weighted by Crippen LogP contribution is -2.00. The highest BCUT2D eigenvalue weighted by molar-refractivity contribution is 5.80. The average molecular weight is 359 g/mol. The van der Waals surface area contributed by atoms with Crippen LogP contribution >= 0.6 is 0 Å². The maximum absolute atomic E-state index is 4.25. The van der Waals surface area contributed by atoms with Gasteiger partial charge in [0.2, 0.25) is 5.82 Å². The third-order valence-corrected chi connectivity index (χ3v) is 4.50. The van der Waals surface area contributed by atoms with Crippen LogP contribution in [0.25, 0.3) is 22.5 Å². The van der Waals surface area contributed by atoms with Gasteiger partial charge in [0, 0.05) is 11.8 Å². The smallest absolute Gasteiger partial charge is 0.205 e. The number of hydrogen-bond donors (Lipinski definition) is 1. The molecule has 4 rings (SSSR count). The number of aromatic amines is 1. The first-order valence-corrected chi connectivity index (χ1v) is 9.14. The van der Waals surface area contributed by atoms with Gasteiger partial charge >= 0.3 is 0 Å². The van der Waals surface area contributed by atoms with Crippen LogP contribution in [0.4, 0.5) is 0 Å². The second-order valence-corrected chi connectivity index (χ2v) is 6.49. The van der Waals surface area contributed by atoms with Crippen LogP contribution in [0.5, 0.6) is 0 Å². The molecule has 2 heterocycles. The Morgan fingerprint density at radius 2 is 1.78 bits per heavy atom. The average Bonchev–Trinajstić information content (AvgIpc) is 3.39. The van der Waals surface area contributed by atoms with Crippen LogP contribution in [0.2, 0.25) is 0 Å². The molecule has 27 heavy (non-hydrogen) atoms. The van der Waals surface area contributed by atoms with Crippen LogP contribution < -0.4 is 0 Å². The summed E-state index contributed by atoms with van der Waals surface area (Å²) in [5.41, 5.74) is 5.38. The minimum absolute atomic E-state index is 0.594. The van der Waals surface area contributed by atoms with Crippen molar-refractivity contribution in [1.82, 2.24) is 35.6 Å². The van der Waals surface area contributed by atoms with Gasteiger partial charge in [-0.3, -0.25) is 0 Å². The standard InChI is InChI=1S/C20H21N7/c1-2-3-6-17-14-27(26-21-17)13-15-9-11-16(12-10-15)18-7-4-5-8-19(18)20-22-24-25-23-20/h4-5,7-12,14H,2-3,6,13H2,1H3,(H,22,23,24,25). The minimum Gasteiger partial charge on any atom is -0.248 e. The summed E-state index contributed by atoms with van der Waals surface area (Å²) in [6.07, 6.45) is 5.34. The minimum atomic E-state index is 0.594. The highest BCUT2D eigenvalue weighted by Gasteiger charge is 2.10. The summed E-state index contributed by atoms with van der Waals surface area (Å²) in [6.45, 7) is 2.90. The molecule has 0 fully saturated rings. The first kappa shape index (κ1) is 17.1. The number of nitrogens with one attached hydrogen (secondary N) is 1. The van der Waals surface area contributed by atoms with Gasteiger partial charge in [0.05, 0.1) is 12.2 Å². The van der Waals surface area contributed by atoms with Crippen molar-refractivity contribution >= 4 is 0 Å². The molecule has 1 N–H and O–H groups in total. The maximum Gasteiger partial charge on any atom is 0.205 e. The predicted octanol–water partition coefficient (Wildman–Crippen LogP) is 3.52. The summed E-state index contributed by atoms with van der Waals surface area (Å²) in [5.74, 6) is 0.594. The highest BCUT2D eigenvalue weighted by atomic mass is 15.5. The van der Waals surface area contributed by atoms with E-state index in [4.69, 9.17) is 0 Å².